The van der Waals surface area contributed by atoms with Crippen LogP contribution in [0.3, 0.4) is 0 Å². The summed E-state index contributed by atoms with van der Waals surface area (Å²) >= 11 is 1.72. The van der Waals surface area contributed by atoms with Crippen molar-refractivity contribution in [2.75, 3.05) is 33.4 Å². The summed E-state index contributed by atoms with van der Waals surface area (Å²) < 4.78 is 11.4. The molecule has 6 nitrogen and oxygen atoms in total. The van der Waals surface area contributed by atoms with Gasteiger partial charge in [-0.1, -0.05) is 37.6 Å². The fraction of sp³-hybridized carbons (Fsp3) is 0.379. The highest BCUT2D eigenvalue weighted by Crippen LogP contribution is 2.34. The number of hydrogen-bond acceptors (Lipinski definition) is 5. The van der Waals surface area contributed by atoms with E-state index < -0.39 is 0 Å². The quantitative estimate of drug-likeness (QED) is 0.392. The lowest BCUT2D eigenvalue weighted by Crippen LogP contribution is -2.48. The maximum absolute atomic E-state index is 13.7. The molecule has 190 valence electrons. The zero-order valence-corrected chi connectivity index (χ0v) is 22.2. The first-order valence-corrected chi connectivity index (χ1v) is 13.2. The number of thiophene rings is 1. The zero-order chi connectivity index (χ0) is 25.7. The number of methoxy groups -OCH3 is 1. The summed E-state index contributed by atoms with van der Waals surface area (Å²) in [7, 11) is 1.58. The molecule has 0 N–H and O–H groups in total. The number of rotatable bonds is 9. The monoisotopic (exact) mass is 506 g/mol. The van der Waals surface area contributed by atoms with Crippen LogP contribution in [-0.4, -0.2) is 55.0 Å². The van der Waals surface area contributed by atoms with Crippen LogP contribution in [0.4, 0.5) is 0 Å². The van der Waals surface area contributed by atoms with Gasteiger partial charge in [0.1, 0.15) is 24.7 Å². The van der Waals surface area contributed by atoms with E-state index in [1.807, 2.05) is 49.9 Å². The minimum absolute atomic E-state index is 0.0225. The molecule has 0 saturated heterocycles. The predicted octanol–water partition coefficient (Wildman–Crippen LogP) is 5.37. The van der Waals surface area contributed by atoms with Crippen LogP contribution in [0.15, 0.2) is 60.0 Å². The number of ether oxygens (including phenoxy) is 2. The minimum Gasteiger partial charge on any atom is -0.497 e. The second kappa shape index (κ2) is 11.6. The molecule has 2 heterocycles. The SMILES string of the molecule is COc1cccc(C(=O)N(CC(=O)N2CCc3sccc3[C@@H]2COc2ccc(C)cc2)CC(C)C)c1. The van der Waals surface area contributed by atoms with Gasteiger partial charge in [0.05, 0.1) is 13.2 Å². The molecule has 0 aliphatic carbocycles. The largest absolute Gasteiger partial charge is 0.497 e. The zero-order valence-electron chi connectivity index (χ0n) is 21.4. The van der Waals surface area contributed by atoms with Crippen LogP contribution in [0.1, 0.15) is 46.3 Å². The van der Waals surface area contributed by atoms with Crippen LogP contribution in [0.2, 0.25) is 0 Å². The number of carbonyl (C=O) groups is 2. The van der Waals surface area contributed by atoms with E-state index in [-0.39, 0.29) is 30.3 Å². The van der Waals surface area contributed by atoms with Gasteiger partial charge >= 0.3 is 0 Å². The molecule has 4 rings (SSSR count). The lowest BCUT2D eigenvalue weighted by Gasteiger charge is -2.37. The van der Waals surface area contributed by atoms with Crippen LogP contribution >= 0.6 is 11.3 Å². The summed E-state index contributed by atoms with van der Waals surface area (Å²) in [5.74, 6) is 1.38. The lowest BCUT2D eigenvalue weighted by molar-refractivity contribution is -0.135. The minimum atomic E-state index is -0.193. The van der Waals surface area contributed by atoms with Crippen LogP contribution in [0.25, 0.3) is 0 Å². The van der Waals surface area contributed by atoms with Crippen LogP contribution in [-0.2, 0) is 11.2 Å². The van der Waals surface area contributed by atoms with Gasteiger partial charge in [-0.05, 0) is 66.6 Å². The first-order chi connectivity index (χ1) is 17.4. The number of benzene rings is 2. The number of aryl methyl sites for hydroxylation is 1. The highest BCUT2D eigenvalue weighted by atomic mass is 32.1. The summed E-state index contributed by atoms with van der Waals surface area (Å²) in [5, 5.41) is 2.08. The average molecular weight is 507 g/mol. The fourth-order valence-electron chi connectivity index (χ4n) is 4.54. The number of carbonyl (C=O) groups excluding carboxylic acids is 2. The van der Waals surface area contributed by atoms with Crippen LogP contribution < -0.4 is 9.47 Å². The Bertz CT molecular complexity index is 1190. The maximum atomic E-state index is 13.7. The van der Waals surface area contributed by atoms with E-state index >= 15 is 0 Å². The first-order valence-electron chi connectivity index (χ1n) is 12.3. The summed E-state index contributed by atoms with van der Waals surface area (Å²) in [5.41, 5.74) is 2.82. The Morgan fingerprint density at radius 2 is 1.89 bits per heavy atom. The lowest BCUT2D eigenvalue weighted by atomic mass is 10.00. The summed E-state index contributed by atoms with van der Waals surface area (Å²) in [4.78, 5) is 32.0. The van der Waals surface area contributed by atoms with Crippen molar-refractivity contribution in [3.05, 3.63) is 81.5 Å². The second-order valence-corrected chi connectivity index (χ2v) is 10.6. The van der Waals surface area contributed by atoms with Crippen molar-refractivity contribution >= 4 is 23.2 Å². The Balaban J connectivity index is 1.53. The summed E-state index contributed by atoms with van der Waals surface area (Å²) in [6, 6.07) is 16.9. The third-order valence-electron chi connectivity index (χ3n) is 6.36. The van der Waals surface area contributed by atoms with Crippen molar-refractivity contribution in [3.8, 4) is 11.5 Å². The Morgan fingerprint density at radius 3 is 2.61 bits per heavy atom. The van der Waals surface area contributed by atoms with Crippen molar-refractivity contribution in [1.82, 2.24) is 9.80 Å². The van der Waals surface area contributed by atoms with E-state index in [1.165, 1.54) is 10.4 Å². The number of nitrogens with zero attached hydrogens (tertiary/aromatic N) is 2. The smallest absolute Gasteiger partial charge is 0.254 e. The van der Waals surface area contributed by atoms with E-state index in [4.69, 9.17) is 9.47 Å². The van der Waals surface area contributed by atoms with Gasteiger partial charge in [0, 0.05) is 23.5 Å². The highest BCUT2D eigenvalue weighted by Gasteiger charge is 2.33. The van der Waals surface area contributed by atoms with Gasteiger partial charge in [-0.25, -0.2) is 0 Å². The van der Waals surface area contributed by atoms with Crippen LogP contribution in [0, 0.1) is 12.8 Å². The fourth-order valence-corrected chi connectivity index (χ4v) is 5.47. The van der Waals surface area contributed by atoms with Gasteiger partial charge < -0.3 is 19.3 Å². The molecule has 36 heavy (non-hydrogen) atoms. The highest BCUT2D eigenvalue weighted by molar-refractivity contribution is 7.10. The first kappa shape index (κ1) is 25.8. The number of amides is 2. The predicted molar refractivity (Wildman–Crippen MR) is 143 cm³/mol. The molecule has 0 radical (unpaired) electrons. The van der Waals surface area contributed by atoms with Crippen molar-refractivity contribution in [2.45, 2.75) is 33.2 Å². The third-order valence-corrected chi connectivity index (χ3v) is 7.36. The Kier molecular flexibility index (Phi) is 8.31. The molecule has 2 aromatic carbocycles. The molecule has 1 aliphatic rings. The standard InChI is InChI=1S/C29H34N2O4S/c1-20(2)17-30(29(33)22-6-5-7-24(16-22)34-4)18-28(32)31-14-12-27-25(13-15-36-27)26(31)19-35-23-10-8-21(3)9-11-23/h5-11,13,15-16,20,26H,12,14,17-19H2,1-4H3/t26-/m0/s1. The molecule has 2 amide bonds. The van der Waals surface area contributed by atoms with Gasteiger partial charge in [-0.2, -0.15) is 0 Å². The topological polar surface area (TPSA) is 59.1 Å². The van der Waals surface area contributed by atoms with Crippen molar-refractivity contribution in [3.63, 3.8) is 0 Å². The molecular formula is C29H34N2O4S. The van der Waals surface area contributed by atoms with E-state index in [0.717, 1.165) is 17.7 Å². The molecular weight excluding hydrogens is 472 g/mol. The molecule has 1 aromatic heterocycles. The van der Waals surface area contributed by atoms with Gasteiger partial charge in [0.15, 0.2) is 0 Å². The molecule has 3 aromatic rings. The molecule has 1 atom stereocenters. The van der Waals surface area contributed by atoms with Gasteiger partial charge in [0.2, 0.25) is 5.91 Å². The van der Waals surface area contributed by atoms with E-state index in [0.29, 0.717) is 31.0 Å². The van der Waals surface area contributed by atoms with Crippen molar-refractivity contribution in [1.29, 1.82) is 0 Å². The van der Waals surface area contributed by atoms with Crippen LogP contribution in [0.5, 0.6) is 11.5 Å². The number of hydrogen-bond donors (Lipinski definition) is 0. The maximum Gasteiger partial charge on any atom is 0.254 e. The Hall–Kier alpha value is -3.32. The Labute approximate surface area is 217 Å². The molecule has 1 aliphatic heterocycles. The molecule has 0 fully saturated rings. The average Bonchev–Trinajstić information content (AvgIpc) is 3.36. The Morgan fingerprint density at radius 1 is 1.11 bits per heavy atom. The molecule has 0 spiro atoms. The normalized spacial score (nSPS) is 14.9. The van der Waals surface area contributed by atoms with Gasteiger partial charge in [-0.3, -0.25) is 9.59 Å². The summed E-state index contributed by atoms with van der Waals surface area (Å²) in [6.07, 6.45) is 0.813. The molecule has 0 unspecified atom stereocenters. The van der Waals surface area contributed by atoms with Gasteiger partial charge in [-0.15, -0.1) is 11.3 Å². The second-order valence-electron chi connectivity index (χ2n) is 9.59. The molecule has 0 saturated carbocycles. The summed E-state index contributed by atoms with van der Waals surface area (Å²) in [6.45, 7) is 7.63. The third kappa shape index (κ3) is 6.08. The van der Waals surface area contributed by atoms with E-state index in [9.17, 15) is 9.59 Å². The van der Waals surface area contributed by atoms with Crippen molar-refractivity contribution in [2.24, 2.45) is 5.92 Å². The van der Waals surface area contributed by atoms with E-state index in [2.05, 4.69) is 11.4 Å². The van der Waals surface area contributed by atoms with Crippen molar-refractivity contribution < 1.29 is 19.1 Å². The molecule has 0 bridgehead atoms. The van der Waals surface area contributed by atoms with Gasteiger partial charge in [0.25, 0.3) is 5.91 Å². The van der Waals surface area contributed by atoms with E-state index in [1.54, 1.807) is 47.6 Å². The molecule has 7 heteroatoms. The number of fused-ring (bicyclic) bond motifs is 1.